The number of aromatic nitrogens is 4. The van der Waals surface area contributed by atoms with Gasteiger partial charge in [0.25, 0.3) is 5.91 Å². The molecular weight excluding hydrogens is 466 g/mol. The Balaban J connectivity index is 1.43. The third kappa shape index (κ3) is 4.72. The molecule has 0 bridgehead atoms. The highest BCUT2D eigenvalue weighted by Gasteiger charge is 2.31. The van der Waals surface area contributed by atoms with Crippen molar-refractivity contribution in [2.45, 2.75) is 25.0 Å². The van der Waals surface area contributed by atoms with Crippen LogP contribution in [0.3, 0.4) is 0 Å². The van der Waals surface area contributed by atoms with Crippen molar-refractivity contribution in [3.63, 3.8) is 0 Å². The van der Waals surface area contributed by atoms with E-state index in [1.54, 1.807) is 29.2 Å². The summed E-state index contributed by atoms with van der Waals surface area (Å²) in [5.74, 6) is -0.371. The van der Waals surface area contributed by atoms with Crippen molar-refractivity contribution in [3.05, 3.63) is 42.4 Å². The summed E-state index contributed by atoms with van der Waals surface area (Å²) in [6, 6.07) is 6.42. The molecule has 4 N–H and O–H groups in total. The van der Waals surface area contributed by atoms with Gasteiger partial charge in [0.15, 0.2) is 11.5 Å². The Hall–Kier alpha value is -4.03. The summed E-state index contributed by atoms with van der Waals surface area (Å²) >= 11 is 0. The highest BCUT2D eigenvalue weighted by molar-refractivity contribution is 5.99. The van der Waals surface area contributed by atoms with Crippen LogP contribution in [0.15, 0.2) is 36.7 Å². The van der Waals surface area contributed by atoms with Crippen LogP contribution in [0.2, 0.25) is 0 Å². The van der Waals surface area contributed by atoms with E-state index < -0.39 is 25.1 Å². The number of hydrogen-bond acceptors (Lipinski definition) is 9. The number of nitrogens with two attached hydrogens (primary N) is 1. The topological polar surface area (TPSA) is 156 Å². The van der Waals surface area contributed by atoms with E-state index in [1.165, 1.54) is 13.2 Å². The second kappa shape index (κ2) is 9.91. The maximum atomic E-state index is 12.2. The van der Waals surface area contributed by atoms with Gasteiger partial charge in [0.05, 0.1) is 42.0 Å². The first-order valence-corrected chi connectivity index (χ1v) is 11.4. The molecule has 2 aromatic heterocycles. The van der Waals surface area contributed by atoms with E-state index in [-0.39, 0.29) is 42.2 Å². The molecule has 0 spiro atoms. The van der Waals surface area contributed by atoms with Crippen LogP contribution in [-0.4, -0.2) is 65.3 Å². The SMILES string of the molecule is [2H]C([2H])([2H])O[C@H]1COC[C@@H]1n1cc(-c2cccc(Nc3cc(NC(=O)C4CC4)nnc3C(N)=O)c2OC)cn1. The number of nitrogens with zero attached hydrogens (tertiary/aromatic N) is 4. The van der Waals surface area contributed by atoms with Gasteiger partial charge >= 0.3 is 0 Å². The number of hydrogen-bond donors (Lipinski definition) is 3. The summed E-state index contributed by atoms with van der Waals surface area (Å²) in [5, 5.41) is 18.1. The monoisotopic (exact) mass is 496 g/mol. The van der Waals surface area contributed by atoms with Crippen LogP contribution in [0.1, 0.15) is 33.5 Å². The van der Waals surface area contributed by atoms with Crippen molar-refractivity contribution in [2.75, 3.05) is 38.0 Å². The second-order valence-corrected chi connectivity index (χ2v) is 8.60. The molecule has 1 aliphatic carbocycles. The molecular formula is C24H27N7O5. The number of nitrogens with one attached hydrogen (secondary N) is 2. The van der Waals surface area contributed by atoms with E-state index >= 15 is 0 Å². The van der Waals surface area contributed by atoms with Gasteiger partial charge in [-0.3, -0.25) is 14.3 Å². The molecule has 2 fully saturated rings. The Bertz CT molecular complexity index is 1390. The number of anilines is 3. The van der Waals surface area contributed by atoms with Crippen molar-refractivity contribution in [3.8, 4) is 16.9 Å². The summed E-state index contributed by atoms with van der Waals surface area (Å²) in [6.45, 7) is 0.400. The Labute approximate surface area is 211 Å². The summed E-state index contributed by atoms with van der Waals surface area (Å²) in [6.07, 6.45) is 4.35. The normalized spacial score (nSPS) is 20.8. The lowest BCUT2D eigenvalue weighted by Crippen LogP contribution is -2.24. The molecule has 2 amide bonds. The van der Waals surface area contributed by atoms with Gasteiger partial charge in [-0.25, -0.2) is 0 Å². The van der Waals surface area contributed by atoms with Gasteiger partial charge in [-0.2, -0.15) is 5.10 Å². The fourth-order valence-electron chi connectivity index (χ4n) is 4.07. The molecule has 1 saturated carbocycles. The number of amides is 2. The zero-order valence-electron chi connectivity index (χ0n) is 22.4. The lowest BCUT2D eigenvalue weighted by Gasteiger charge is -2.17. The average Bonchev–Trinajstić information content (AvgIpc) is 3.46. The third-order valence-corrected chi connectivity index (χ3v) is 6.12. The van der Waals surface area contributed by atoms with Crippen LogP contribution in [-0.2, 0) is 14.3 Å². The van der Waals surface area contributed by atoms with Gasteiger partial charge in [-0.05, 0) is 18.9 Å². The van der Waals surface area contributed by atoms with Crippen LogP contribution in [0.4, 0.5) is 17.2 Å². The van der Waals surface area contributed by atoms with Crippen LogP contribution >= 0.6 is 0 Å². The minimum atomic E-state index is -2.55. The zero-order valence-corrected chi connectivity index (χ0v) is 19.4. The standard InChI is InChI=1S/C24H27N7O5/c1-34-19-12-36-11-18(19)31-10-14(9-26-31)15-4-3-5-16(22(15)35-2)27-17-8-20(28-24(33)13-6-7-13)29-30-21(17)23(25)32/h3-5,8-10,13,18-19H,6-7,11-12H2,1-2H3,(H2,25,32)(H2,27,28,29,33)/t18-,19-/m0/s1/i1D3. The van der Waals surface area contributed by atoms with Crippen molar-refractivity contribution in [1.29, 1.82) is 0 Å². The number of benzene rings is 1. The van der Waals surface area contributed by atoms with Gasteiger partial charge < -0.3 is 30.6 Å². The largest absolute Gasteiger partial charge is 0.494 e. The number of carbonyl (C=O) groups is 2. The van der Waals surface area contributed by atoms with Crippen molar-refractivity contribution in [1.82, 2.24) is 20.0 Å². The molecule has 2 aliphatic rings. The molecule has 36 heavy (non-hydrogen) atoms. The second-order valence-electron chi connectivity index (χ2n) is 8.60. The molecule has 12 nitrogen and oxygen atoms in total. The Morgan fingerprint density at radius 1 is 1.25 bits per heavy atom. The van der Waals surface area contributed by atoms with Gasteiger partial charge in [0, 0.05) is 36.3 Å². The first-order valence-electron chi connectivity index (χ1n) is 12.9. The Morgan fingerprint density at radius 3 is 2.86 bits per heavy atom. The van der Waals surface area contributed by atoms with Crippen LogP contribution in [0, 0.1) is 5.92 Å². The van der Waals surface area contributed by atoms with Gasteiger partial charge in [-0.1, -0.05) is 12.1 Å². The quantitative estimate of drug-likeness (QED) is 0.404. The molecule has 3 aromatic rings. The maximum absolute atomic E-state index is 12.2. The number of carbonyl (C=O) groups excluding carboxylic acids is 2. The minimum Gasteiger partial charge on any atom is -0.494 e. The van der Waals surface area contributed by atoms with Crippen molar-refractivity contribution < 1.29 is 27.9 Å². The van der Waals surface area contributed by atoms with E-state index in [2.05, 4.69) is 25.9 Å². The average molecular weight is 497 g/mol. The lowest BCUT2D eigenvalue weighted by molar-refractivity contribution is -0.117. The first-order chi connectivity index (χ1) is 18.6. The minimum absolute atomic E-state index is 0.0391. The number of para-hydroxylation sites is 1. The van der Waals surface area contributed by atoms with Crippen LogP contribution in [0.5, 0.6) is 5.75 Å². The molecule has 1 saturated heterocycles. The Kier molecular flexibility index (Phi) is 5.56. The lowest BCUT2D eigenvalue weighted by atomic mass is 10.1. The number of methoxy groups -OCH3 is 2. The van der Waals surface area contributed by atoms with Crippen molar-refractivity contribution in [2.24, 2.45) is 11.7 Å². The fraction of sp³-hybridized carbons (Fsp3) is 0.375. The highest BCUT2D eigenvalue weighted by atomic mass is 16.5. The molecule has 12 heteroatoms. The summed E-state index contributed by atoms with van der Waals surface area (Å²) < 4.78 is 40.2. The Morgan fingerprint density at radius 2 is 2.11 bits per heavy atom. The summed E-state index contributed by atoms with van der Waals surface area (Å²) in [7, 11) is -1.05. The van der Waals surface area contributed by atoms with Gasteiger partial charge in [0.1, 0.15) is 17.9 Å². The predicted molar refractivity (Wildman–Crippen MR) is 130 cm³/mol. The number of primary amides is 1. The molecule has 0 radical (unpaired) electrons. The third-order valence-electron chi connectivity index (χ3n) is 6.12. The van der Waals surface area contributed by atoms with E-state index in [9.17, 15) is 9.59 Å². The molecule has 2 atom stereocenters. The molecule has 1 aromatic carbocycles. The fourth-order valence-corrected chi connectivity index (χ4v) is 4.07. The summed E-state index contributed by atoms with van der Waals surface area (Å²) in [4.78, 5) is 24.2. The van der Waals surface area contributed by atoms with E-state index in [0.717, 1.165) is 12.8 Å². The highest BCUT2D eigenvalue weighted by Crippen LogP contribution is 2.39. The number of rotatable bonds is 9. The van der Waals surface area contributed by atoms with E-state index in [4.69, 9.17) is 24.1 Å². The van der Waals surface area contributed by atoms with Crippen LogP contribution < -0.4 is 21.1 Å². The molecule has 3 heterocycles. The van der Waals surface area contributed by atoms with Gasteiger partial charge in [-0.15, -0.1) is 10.2 Å². The predicted octanol–water partition coefficient (Wildman–Crippen LogP) is 2.13. The number of ether oxygens (including phenoxy) is 3. The molecule has 0 unspecified atom stereocenters. The molecule has 5 rings (SSSR count). The van der Waals surface area contributed by atoms with E-state index in [0.29, 0.717) is 22.6 Å². The zero-order chi connectivity index (χ0) is 27.7. The smallest absolute Gasteiger partial charge is 0.271 e. The van der Waals surface area contributed by atoms with Crippen LogP contribution in [0.25, 0.3) is 11.1 Å². The summed E-state index contributed by atoms with van der Waals surface area (Å²) in [5.41, 5.74) is 7.50. The first kappa shape index (κ1) is 20.2. The van der Waals surface area contributed by atoms with E-state index in [1.807, 2.05) is 6.07 Å². The molecule has 1 aliphatic heterocycles. The maximum Gasteiger partial charge on any atom is 0.271 e. The van der Waals surface area contributed by atoms with Gasteiger partial charge in [0.2, 0.25) is 5.91 Å². The van der Waals surface area contributed by atoms with Crippen molar-refractivity contribution >= 4 is 29.0 Å². The molecule has 188 valence electrons.